The number of hydrogen-bond acceptors (Lipinski definition) is 3. The third-order valence-corrected chi connectivity index (χ3v) is 2.62. The lowest BCUT2D eigenvalue weighted by atomic mass is 10.2. The van der Waals surface area contributed by atoms with Crippen LogP contribution >= 0.6 is 12.6 Å². The van der Waals surface area contributed by atoms with E-state index in [1.54, 1.807) is 13.2 Å². The van der Waals surface area contributed by atoms with Gasteiger partial charge in [0.1, 0.15) is 5.65 Å². The van der Waals surface area contributed by atoms with Crippen LogP contribution in [0.25, 0.3) is 5.65 Å². The molecule has 106 valence electrons. The molecule has 0 amide bonds. The van der Waals surface area contributed by atoms with E-state index in [4.69, 9.17) is 0 Å². The van der Waals surface area contributed by atoms with Crippen LogP contribution in [0.5, 0.6) is 0 Å². The lowest BCUT2D eigenvalue weighted by Crippen LogP contribution is -2.08. The highest BCUT2D eigenvalue weighted by molar-refractivity contribution is 7.79. The van der Waals surface area contributed by atoms with Crippen molar-refractivity contribution in [1.82, 2.24) is 9.38 Å². The first-order valence-electron chi connectivity index (χ1n) is 5.60. The summed E-state index contributed by atoms with van der Waals surface area (Å²) in [5.74, 6) is 0. The van der Waals surface area contributed by atoms with Gasteiger partial charge in [0.2, 0.25) is 0 Å². The zero-order chi connectivity index (χ0) is 14.6. The maximum atomic E-state index is 12.8. The standard InChI is InChI=1S/C11H11F3N2O.CH4S/c1-2-8-9(6-17)16-5-3-4-7(10(16)15-8)11(12,13)14;1-2/h3-5,17H,2,6H2,1H3;2H,1H3. The van der Waals surface area contributed by atoms with Gasteiger partial charge in [0.05, 0.1) is 23.6 Å². The number of aliphatic hydroxyl groups is 1. The van der Waals surface area contributed by atoms with Gasteiger partial charge >= 0.3 is 6.18 Å². The van der Waals surface area contributed by atoms with Crippen LogP contribution in [0.15, 0.2) is 18.3 Å². The second kappa shape index (κ2) is 6.29. The molecule has 0 aliphatic carbocycles. The van der Waals surface area contributed by atoms with Crippen LogP contribution in [0.3, 0.4) is 0 Å². The van der Waals surface area contributed by atoms with E-state index in [2.05, 4.69) is 17.6 Å². The highest BCUT2D eigenvalue weighted by Crippen LogP contribution is 2.32. The number of fused-ring (bicyclic) bond motifs is 1. The Bertz CT molecular complexity index is 552. The minimum Gasteiger partial charge on any atom is -0.390 e. The summed E-state index contributed by atoms with van der Waals surface area (Å²) in [7, 11) is 0. The van der Waals surface area contributed by atoms with Crippen molar-refractivity contribution in [3.63, 3.8) is 0 Å². The van der Waals surface area contributed by atoms with Gasteiger partial charge in [0, 0.05) is 6.20 Å². The minimum absolute atomic E-state index is 0.152. The Morgan fingerprint density at radius 3 is 2.47 bits per heavy atom. The Hall–Kier alpha value is -1.21. The van der Waals surface area contributed by atoms with Crippen LogP contribution < -0.4 is 0 Å². The second-order valence-corrected chi connectivity index (χ2v) is 3.63. The van der Waals surface area contributed by atoms with Crippen molar-refractivity contribution in [3.8, 4) is 0 Å². The molecule has 0 saturated heterocycles. The first-order chi connectivity index (χ1) is 8.99. The van der Waals surface area contributed by atoms with Gasteiger partial charge in [-0.05, 0) is 24.8 Å². The normalized spacial score (nSPS) is 11.3. The predicted octanol–water partition coefficient (Wildman–Crippen LogP) is 2.95. The third-order valence-electron chi connectivity index (χ3n) is 2.62. The molecule has 2 aromatic rings. The maximum absolute atomic E-state index is 12.8. The number of aryl methyl sites for hydroxylation is 1. The van der Waals surface area contributed by atoms with Gasteiger partial charge in [-0.25, -0.2) is 4.98 Å². The summed E-state index contributed by atoms with van der Waals surface area (Å²) in [6, 6.07) is 2.29. The smallest absolute Gasteiger partial charge is 0.390 e. The fourth-order valence-electron chi connectivity index (χ4n) is 1.84. The fraction of sp³-hybridized carbons (Fsp3) is 0.417. The molecule has 1 N–H and O–H groups in total. The van der Waals surface area contributed by atoms with Crippen LogP contribution in [0, 0.1) is 0 Å². The van der Waals surface area contributed by atoms with Crippen molar-refractivity contribution in [2.24, 2.45) is 0 Å². The van der Waals surface area contributed by atoms with Crippen LogP contribution in [0.1, 0.15) is 23.9 Å². The molecule has 19 heavy (non-hydrogen) atoms. The first-order valence-corrected chi connectivity index (χ1v) is 6.50. The number of alkyl halides is 3. The van der Waals surface area contributed by atoms with Crippen molar-refractivity contribution < 1.29 is 18.3 Å². The second-order valence-electron chi connectivity index (χ2n) is 3.63. The van der Waals surface area contributed by atoms with E-state index in [9.17, 15) is 18.3 Å². The van der Waals surface area contributed by atoms with Crippen LogP contribution in [0.2, 0.25) is 0 Å². The molecule has 0 spiro atoms. The van der Waals surface area contributed by atoms with E-state index in [-0.39, 0.29) is 12.3 Å². The number of aromatic nitrogens is 2. The van der Waals surface area contributed by atoms with Gasteiger partial charge in [-0.3, -0.25) is 0 Å². The van der Waals surface area contributed by atoms with E-state index in [0.717, 1.165) is 6.07 Å². The molecule has 7 heteroatoms. The lowest BCUT2D eigenvalue weighted by Gasteiger charge is -2.07. The van der Waals surface area contributed by atoms with E-state index in [1.807, 2.05) is 0 Å². The van der Waals surface area contributed by atoms with Crippen molar-refractivity contribution >= 4 is 18.3 Å². The summed E-state index contributed by atoms with van der Waals surface area (Å²) < 4.78 is 39.5. The molecule has 0 saturated carbocycles. The van der Waals surface area contributed by atoms with Crippen molar-refractivity contribution in [1.29, 1.82) is 0 Å². The molecule has 0 aromatic carbocycles. The highest BCUT2D eigenvalue weighted by Gasteiger charge is 2.34. The Balaban J connectivity index is 0.000000861. The molecule has 2 rings (SSSR count). The number of halogens is 3. The van der Waals surface area contributed by atoms with E-state index >= 15 is 0 Å². The molecule has 0 atom stereocenters. The van der Waals surface area contributed by atoms with Gasteiger partial charge in [0.15, 0.2) is 0 Å². The van der Waals surface area contributed by atoms with Gasteiger partial charge in [-0.2, -0.15) is 25.8 Å². The largest absolute Gasteiger partial charge is 0.419 e. The number of nitrogens with zero attached hydrogens (tertiary/aromatic N) is 2. The van der Waals surface area contributed by atoms with E-state index in [1.165, 1.54) is 16.7 Å². The fourth-order valence-corrected chi connectivity index (χ4v) is 1.84. The number of pyridine rings is 1. The average molecular weight is 292 g/mol. The summed E-state index contributed by atoms with van der Waals surface area (Å²) in [5.41, 5.74) is -0.0342. The Kier molecular flexibility index (Phi) is 5.25. The summed E-state index contributed by atoms with van der Waals surface area (Å²) in [5, 5.41) is 9.19. The first kappa shape index (κ1) is 15.8. The molecule has 0 radical (unpaired) electrons. The Morgan fingerprint density at radius 2 is 2.00 bits per heavy atom. The average Bonchev–Trinajstić information content (AvgIpc) is 2.77. The summed E-state index contributed by atoms with van der Waals surface area (Å²) in [6.45, 7) is 1.46. The van der Waals surface area contributed by atoms with Crippen molar-refractivity contribution in [3.05, 3.63) is 35.3 Å². The molecule has 0 aliphatic heterocycles. The third kappa shape index (κ3) is 3.03. The Morgan fingerprint density at radius 1 is 1.37 bits per heavy atom. The van der Waals surface area contributed by atoms with Gasteiger partial charge in [-0.1, -0.05) is 6.92 Å². The zero-order valence-electron chi connectivity index (χ0n) is 10.6. The monoisotopic (exact) mass is 292 g/mol. The molecule has 2 aromatic heterocycles. The topological polar surface area (TPSA) is 37.5 Å². The SMILES string of the molecule is CCc1nc2c(C(F)(F)F)cccn2c1CO.CS. The molecule has 0 bridgehead atoms. The molecular formula is C12H15F3N2OS. The predicted molar refractivity (Wildman–Crippen MR) is 70.4 cm³/mol. The zero-order valence-corrected chi connectivity index (χ0v) is 11.5. The van der Waals surface area contributed by atoms with E-state index < -0.39 is 11.7 Å². The maximum Gasteiger partial charge on any atom is 0.419 e. The molecular weight excluding hydrogens is 277 g/mol. The number of rotatable bonds is 2. The lowest BCUT2D eigenvalue weighted by molar-refractivity contribution is -0.136. The minimum atomic E-state index is -4.44. The Labute approximate surface area is 114 Å². The molecule has 0 fully saturated rings. The van der Waals surface area contributed by atoms with Crippen molar-refractivity contribution in [2.75, 3.05) is 6.26 Å². The van der Waals surface area contributed by atoms with Crippen LogP contribution in [-0.4, -0.2) is 20.7 Å². The summed E-state index contributed by atoms with van der Waals surface area (Å²) in [6.07, 6.45) is -0.789. The molecule has 3 nitrogen and oxygen atoms in total. The van der Waals surface area contributed by atoms with Gasteiger partial charge < -0.3 is 9.51 Å². The van der Waals surface area contributed by atoms with Crippen molar-refractivity contribution in [2.45, 2.75) is 26.1 Å². The number of imidazole rings is 1. The molecule has 2 heterocycles. The van der Waals surface area contributed by atoms with Gasteiger partial charge in [-0.15, -0.1) is 0 Å². The van der Waals surface area contributed by atoms with E-state index in [0.29, 0.717) is 17.8 Å². The number of aliphatic hydroxyl groups excluding tert-OH is 1. The van der Waals surface area contributed by atoms with Gasteiger partial charge in [0.25, 0.3) is 0 Å². The number of hydrogen-bond donors (Lipinski definition) is 2. The highest BCUT2D eigenvalue weighted by atomic mass is 32.1. The molecule has 0 unspecified atom stereocenters. The summed E-state index contributed by atoms with van der Waals surface area (Å²) >= 11 is 3.53. The molecule has 0 aliphatic rings. The van der Waals surface area contributed by atoms with Crippen LogP contribution in [-0.2, 0) is 19.2 Å². The van der Waals surface area contributed by atoms with Crippen LogP contribution in [0.4, 0.5) is 13.2 Å². The summed E-state index contributed by atoms with van der Waals surface area (Å²) in [4.78, 5) is 3.95. The quantitative estimate of drug-likeness (QED) is 0.835. The number of thiol groups is 1.